The molecule has 0 aliphatic carbocycles. The van der Waals surface area contributed by atoms with E-state index in [-0.39, 0.29) is 17.3 Å². The molecular weight excluding hydrogens is 422 g/mol. The Balaban J connectivity index is 1.82. The fraction of sp³-hybridized carbons (Fsp3) is 0.130. The van der Waals surface area contributed by atoms with Gasteiger partial charge in [0.2, 0.25) is 0 Å². The van der Waals surface area contributed by atoms with Gasteiger partial charge in [-0.15, -0.1) is 11.6 Å². The van der Waals surface area contributed by atoms with Gasteiger partial charge in [-0.05, 0) is 34.4 Å². The summed E-state index contributed by atoms with van der Waals surface area (Å²) >= 11 is 5.56. The standard InChI is InChI=1S/C23H22ClNO4S/c24-15-22(26)16-25-21-13-12-20(23(14-21)30(27,28)29)11-8-17-6-9-19(10-7-17)18-4-2-1-3-5-18/h1-14,22,25-26H,15-16H2,(H,27,28,29). The van der Waals surface area contributed by atoms with Gasteiger partial charge in [-0.2, -0.15) is 8.42 Å². The first kappa shape index (κ1) is 22.1. The molecule has 0 aliphatic rings. The summed E-state index contributed by atoms with van der Waals surface area (Å²) in [6, 6.07) is 22.5. The van der Waals surface area contributed by atoms with Crippen molar-refractivity contribution in [1.82, 2.24) is 0 Å². The fourth-order valence-corrected chi connectivity index (χ4v) is 3.72. The molecule has 3 aromatic carbocycles. The van der Waals surface area contributed by atoms with Crippen molar-refractivity contribution >= 4 is 39.6 Å². The number of hydrogen-bond acceptors (Lipinski definition) is 4. The van der Waals surface area contributed by atoms with E-state index in [2.05, 4.69) is 5.32 Å². The Hall–Kier alpha value is -2.64. The predicted octanol–water partition coefficient (Wildman–Crippen LogP) is 4.78. The molecular formula is C23H22ClNO4S. The summed E-state index contributed by atoms with van der Waals surface area (Å²) in [6.45, 7) is 0.164. The van der Waals surface area contributed by atoms with Gasteiger partial charge in [-0.25, -0.2) is 0 Å². The molecule has 7 heteroatoms. The molecule has 0 fully saturated rings. The van der Waals surface area contributed by atoms with Gasteiger partial charge >= 0.3 is 0 Å². The molecule has 3 N–H and O–H groups in total. The molecule has 3 aromatic rings. The Kier molecular flexibility index (Phi) is 7.29. The van der Waals surface area contributed by atoms with Crippen LogP contribution in [0, 0.1) is 0 Å². The van der Waals surface area contributed by atoms with E-state index in [0.29, 0.717) is 11.3 Å². The maximum Gasteiger partial charge on any atom is 0.295 e. The van der Waals surface area contributed by atoms with Crippen molar-refractivity contribution in [3.63, 3.8) is 0 Å². The molecule has 0 amide bonds. The van der Waals surface area contributed by atoms with Gasteiger partial charge in [-0.1, -0.05) is 72.8 Å². The van der Waals surface area contributed by atoms with Gasteiger partial charge in [0.1, 0.15) is 4.90 Å². The maximum absolute atomic E-state index is 11.8. The number of halogens is 1. The average Bonchev–Trinajstić information content (AvgIpc) is 2.76. The molecule has 156 valence electrons. The number of benzene rings is 3. The monoisotopic (exact) mass is 443 g/mol. The zero-order chi connectivity index (χ0) is 21.6. The van der Waals surface area contributed by atoms with Crippen LogP contribution in [0.1, 0.15) is 11.1 Å². The van der Waals surface area contributed by atoms with Crippen LogP contribution in [0.2, 0.25) is 0 Å². The summed E-state index contributed by atoms with van der Waals surface area (Å²) in [4.78, 5) is -0.218. The minimum absolute atomic E-state index is 0.0576. The van der Waals surface area contributed by atoms with Crippen LogP contribution >= 0.6 is 11.6 Å². The Bertz CT molecular complexity index is 1110. The second-order valence-corrected chi connectivity index (χ2v) is 8.44. The molecule has 0 aromatic heterocycles. The van der Waals surface area contributed by atoms with Crippen molar-refractivity contribution in [3.8, 4) is 11.1 Å². The fourth-order valence-electron chi connectivity index (χ4n) is 2.90. The lowest BCUT2D eigenvalue weighted by molar-refractivity contribution is 0.211. The van der Waals surface area contributed by atoms with Crippen molar-refractivity contribution in [1.29, 1.82) is 0 Å². The number of aliphatic hydroxyl groups is 1. The molecule has 1 unspecified atom stereocenters. The molecule has 0 saturated heterocycles. The molecule has 0 spiro atoms. The average molecular weight is 444 g/mol. The summed E-state index contributed by atoms with van der Waals surface area (Å²) in [6.07, 6.45) is 2.65. The van der Waals surface area contributed by atoms with Crippen LogP contribution in [0.5, 0.6) is 0 Å². The van der Waals surface area contributed by atoms with Gasteiger partial charge in [0, 0.05) is 12.2 Å². The second-order valence-electron chi connectivity index (χ2n) is 6.74. The van der Waals surface area contributed by atoms with E-state index in [1.165, 1.54) is 6.07 Å². The molecule has 5 nitrogen and oxygen atoms in total. The molecule has 0 aliphatic heterocycles. The maximum atomic E-state index is 11.8. The Morgan fingerprint density at radius 3 is 2.23 bits per heavy atom. The smallest absolute Gasteiger partial charge is 0.295 e. The highest BCUT2D eigenvalue weighted by Crippen LogP contribution is 2.24. The number of hydrogen-bond donors (Lipinski definition) is 3. The van der Waals surface area contributed by atoms with E-state index < -0.39 is 16.2 Å². The van der Waals surface area contributed by atoms with Crippen LogP contribution in [0.25, 0.3) is 23.3 Å². The van der Waals surface area contributed by atoms with Crippen LogP contribution in [0.4, 0.5) is 5.69 Å². The topological polar surface area (TPSA) is 86.6 Å². The van der Waals surface area contributed by atoms with Crippen LogP contribution < -0.4 is 5.32 Å². The van der Waals surface area contributed by atoms with E-state index >= 15 is 0 Å². The van der Waals surface area contributed by atoms with Crippen molar-refractivity contribution < 1.29 is 18.1 Å². The van der Waals surface area contributed by atoms with Gasteiger partial charge in [0.25, 0.3) is 10.1 Å². The quantitative estimate of drug-likeness (QED) is 0.265. The van der Waals surface area contributed by atoms with Crippen molar-refractivity contribution in [3.05, 3.63) is 83.9 Å². The van der Waals surface area contributed by atoms with Gasteiger partial charge in [0.15, 0.2) is 0 Å². The second kappa shape index (κ2) is 9.91. The van der Waals surface area contributed by atoms with Gasteiger partial charge in [-0.3, -0.25) is 4.55 Å². The van der Waals surface area contributed by atoms with E-state index in [1.54, 1.807) is 24.3 Å². The molecule has 0 radical (unpaired) electrons. The minimum atomic E-state index is -4.43. The van der Waals surface area contributed by atoms with Gasteiger partial charge < -0.3 is 10.4 Å². The lowest BCUT2D eigenvalue weighted by atomic mass is 10.0. The Morgan fingerprint density at radius 1 is 0.933 bits per heavy atom. The summed E-state index contributed by atoms with van der Waals surface area (Å²) in [5.74, 6) is 0.0576. The molecule has 30 heavy (non-hydrogen) atoms. The minimum Gasteiger partial charge on any atom is -0.390 e. The third kappa shape index (κ3) is 5.93. The van der Waals surface area contributed by atoms with Crippen molar-refractivity contribution in [2.75, 3.05) is 17.7 Å². The van der Waals surface area contributed by atoms with E-state index in [0.717, 1.165) is 16.7 Å². The highest BCUT2D eigenvalue weighted by atomic mass is 35.5. The largest absolute Gasteiger partial charge is 0.390 e. The predicted molar refractivity (Wildman–Crippen MR) is 122 cm³/mol. The first-order valence-electron chi connectivity index (χ1n) is 9.30. The molecule has 3 rings (SSSR count). The van der Waals surface area contributed by atoms with Crippen molar-refractivity contribution in [2.24, 2.45) is 0 Å². The zero-order valence-electron chi connectivity index (χ0n) is 16.1. The number of aliphatic hydroxyl groups excluding tert-OH is 1. The highest BCUT2D eigenvalue weighted by molar-refractivity contribution is 7.86. The number of nitrogens with one attached hydrogen (secondary N) is 1. The van der Waals surface area contributed by atoms with Crippen molar-refractivity contribution in [2.45, 2.75) is 11.0 Å². The molecule has 0 bridgehead atoms. The Morgan fingerprint density at radius 2 is 1.60 bits per heavy atom. The molecule has 1 atom stereocenters. The Labute approximate surface area is 181 Å². The molecule has 0 heterocycles. The van der Waals surface area contributed by atoms with Crippen LogP contribution in [0.15, 0.2) is 77.7 Å². The summed E-state index contributed by atoms with van der Waals surface area (Å²) in [5.41, 5.74) is 3.90. The SMILES string of the molecule is O=S(=O)(O)c1cc(NCC(O)CCl)ccc1C=Cc1ccc(-c2ccccc2)cc1. The lowest BCUT2D eigenvalue weighted by Crippen LogP contribution is -2.20. The third-order valence-electron chi connectivity index (χ3n) is 4.48. The highest BCUT2D eigenvalue weighted by Gasteiger charge is 2.15. The van der Waals surface area contributed by atoms with Crippen LogP contribution in [-0.2, 0) is 10.1 Å². The lowest BCUT2D eigenvalue weighted by Gasteiger charge is -2.12. The van der Waals surface area contributed by atoms with Crippen LogP contribution in [0.3, 0.4) is 0 Å². The van der Waals surface area contributed by atoms with Crippen LogP contribution in [-0.4, -0.2) is 36.6 Å². The first-order valence-corrected chi connectivity index (χ1v) is 11.3. The summed E-state index contributed by atoms with van der Waals surface area (Å²) in [7, 11) is -4.43. The summed E-state index contributed by atoms with van der Waals surface area (Å²) in [5, 5.41) is 12.4. The number of alkyl halides is 1. The van der Waals surface area contributed by atoms with E-state index in [4.69, 9.17) is 11.6 Å². The normalized spacial score (nSPS) is 12.8. The number of anilines is 1. The van der Waals surface area contributed by atoms with E-state index in [1.807, 2.05) is 54.6 Å². The number of rotatable bonds is 8. The first-order chi connectivity index (χ1) is 14.4. The van der Waals surface area contributed by atoms with Gasteiger partial charge in [0.05, 0.1) is 12.0 Å². The molecule has 0 saturated carbocycles. The summed E-state index contributed by atoms with van der Waals surface area (Å²) < 4.78 is 33.3. The third-order valence-corrected chi connectivity index (χ3v) is 5.75. The van der Waals surface area contributed by atoms with E-state index in [9.17, 15) is 18.1 Å². The zero-order valence-corrected chi connectivity index (χ0v) is 17.6.